The van der Waals surface area contributed by atoms with Gasteiger partial charge in [0.15, 0.2) is 0 Å². The number of oxazole rings is 1. The lowest BCUT2D eigenvalue weighted by Gasteiger charge is -2.00. The molecular formula is C10H11BrN4O. The Bertz CT molecular complexity index is 454. The summed E-state index contributed by atoms with van der Waals surface area (Å²) in [7, 11) is 0. The fourth-order valence-corrected chi connectivity index (χ4v) is 1.36. The van der Waals surface area contributed by atoms with Crippen LogP contribution in [0.2, 0.25) is 0 Å². The molecule has 0 aliphatic heterocycles. The van der Waals surface area contributed by atoms with Crippen LogP contribution < -0.4 is 5.32 Å². The summed E-state index contributed by atoms with van der Waals surface area (Å²) in [4.78, 5) is 12.3. The fraction of sp³-hybridized carbons (Fsp3) is 0.300. The first-order valence-electron chi connectivity index (χ1n) is 4.93. The van der Waals surface area contributed by atoms with E-state index in [9.17, 15) is 0 Å². The highest BCUT2D eigenvalue weighted by Gasteiger charge is 2.02. The van der Waals surface area contributed by atoms with Crippen LogP contribution in [-0.4, -0.2) is 15.0 Å². The first-order valence-corrected chi connectivity index (χ1v) is 5.72. The van der Waals surface area contributed by atoms with Gasteiger partial charge in [-0.05, 0) is 15.9 Å². The molecular weight excluding hydrogens is 272 g/mol. The smallest absolute Gasteiger partial charge is 0.223 e. The van der Waals surface area contributed by atoms with Crippen LogP contribution in [0.25, 0.3) is 0 Å². The largest absolute Gasteiger partial charge is 0.444 e. The van der Waals surface area contributed by atoms with Crippen molar-refractivity contribution in [3.8, 4) is 0 Å². The number of rotatable bonds is 4. The molecule has 0 radical (unpaired) electrons. The number of nitrogens with zero attached hydrogens (tertiary/aromatic N) is 3. The zero-order valence-electron chi connectivity index (χ0n) is 8.77. The van der Waals surface area contributed by atoms with Gasteiger partial charge in [-0.25, -0.2) is 15.0 Å². The predicted molar refractivity (Wildman–Crippen MR) is 62.9 cm³/mol. The molecule has 0 fully saturated rings. The number of aromatic nitrogens is 3. The zero-order chi connectivity index (χ0) is 11.4. The minimum absolute atomic E-state index is 0.488. The maximum Gasteiger partial charge on any atom is 0.223 e. The molecule has 6 heteroatoms. The van der Waals surface area contributed by atoms with Gasteiger partial charge < -0.3 is 9.73 Å². The normalized spacial score (nSPS) is 10.4. The van der Waals surface area contributed by atoms with E-state index in [4.69, 9.17) is 4.42 Å². The van der Waals surface area contributed by atoms with Crippen molar-refractivity contribution in [1.82, 2.24) is 15.0 Å². The molecule has 0 aromatic carbocycles. The van der Waals surface area contributed by atoms with Crippen molar-refractivity contribution in [3.05, 3.63) is 34.7 Å². The second-order valence-electron chi connectivity index (χ2n) is 3.15. The molecule has 1 N–H and O–H groups in total. The molecule has 0 saturated carbocycles. The molecule has 5 nitrogen and oxygen atoms in total. The fourth-order valence-electron chi connectivity index (χ4n) is 1.15. The standard InChI is InChI=1S/C10H11BrN4O/c1-2-8-5-12-9(16-8)6-15-10-13-3-7(11)4-14-10/h3-5H,2,6H2,1H3,(H,13,14,15). The van der Waals surface area contributed by atoms with E-state index >= 15 is 0 Å². The van der Waals surface area contributed by atoms with Crippen molar-refractivity contribution in [2.24, 2.45) is 0 Å². The highest BCUT2D eigenvalue weighted by atomic mass is 79.9. The van der Waals surface area contributed by atoms with Gasteiger partial charge in [0.25, 0.3) is 0 Å². The molecule has 0 saturated heterocycles. The van der Waals surface area contributed by atoms with E-state index in [1.165, 1.54) is 0 Å². The summed E-state index contributed by atoms with van der Waals surface area (Å²) in [6.07, 6.45) is 5.95. The molecule has 0 spiro atoms. The molecule has 0 atom stereocenters. The van der Waals surface area contributed by atoms with Crippen LogP contribution in [0, 0.1) is 0 Å². The molecule has 0 bridgehead atoms. The Kier molecular flexibility index (Phi) is 3.51. The van der Waals surface area contributed by atoms with Gasteiger partial charge in [0, 0.05) is 18.8 Å². The van der Waals surface area contributed by atoms with Gasteiger partial charge in [-0.1, -0.05) is 6.92 Å². The first kappa shape index (κ1) is 11.1. The highest BCUT2D eigenvalue weighted by molar-refractivity contribution is 9.10. The highest BCUT2D eigenvalue weighted by Crippen LogP contribution is 2.09. The molecule has 0 aliphatic rings. The Morgan fingerprint density at radius 3 is 2.62 bits per heavy atom. The quantitative estimate of drug-likeness (QED) is 0.933. The third-order valence-electron chi connectivity index (χ3n) is 1.97. The van der Waals surface area contributed by atoms with Gasteiger partial charge in [-0.15, -0.1) is 0 Å². The van der Waals surface area contributed by atoms with E-state index in [-0.39, 0.29) is 0 Å². The number of aryl methyl sites for hydroxylation is 1. The molecule has 2 aromatic rings. The number of halogens is 1. The molecule has 84 valence electrons. The summed E-state index contributed by atoms with van der Waals surface area (Å²) in [6, 6.07) is 0. The SMILES string of the molecule is CCc1cnc(CNc2ncc(Br)cn2)o1. The average Bonchev–Trinajstić information content (AvgIpc) is 2.76. The number of hydrogen-bond acceptors (Lipinski definition) is 5. The van der Waals surface area contributed by atoms with Crippen LogP contribution in [0.5, 0.6) is 0 Å². The van der Waals surface area contributed by atoms with Gasteiger partial charge in [-0.3, -0.25) is 0 Å². The van der Waals surface area contributed by atoms with Gasteiger partial charge in [0.2, 0.25) is 11.8 Å². The number of hydrogen-bond donors (Lipinski definition) is 1. The van der Waals surface area contributed by atoms with Gasteiger partial charge in [-0.2, -0.15) is 0 Å². The van der Waals surface area contributed by atoms with Crippen LogP contribution in [0.15, 0.2) is 27.5 Å². The third kappa shape index (κ3) is 2.79. The first-order chi connectivity index (χ1) is 7.78. The lowest BCUT2D eigenvalue weighted by molar-refractivity contribution is 0.465. The minimum Gasteiger partial charge on any atom is -0.444 e. The van der Waals surface area contributed by atoms with Crippen LogP contribution in [0.4, 0.5) is 5.95 Å². The van der Waals surface area contributed by atoms with Crippen molar-refractivity contribution in [3.63, 3.8) is 0 Å². The predicted octanol–water partition coefficient (Wildman–Crippen LogP) is 2.40. The third-order valence-corrected chi connectivity index (χ3v) is 2.38. The topological polar surface area (TPSA) is 63.8 Å². The lowest BCUT2D eigenvalue weighted by Crippen LogP contribution is -2.03. The van der Waals surface area contributed by atoms with E-state index in [1.54, 1.807) is 18.6 Å². The van der Waals surface area contributed by atoms with E-state index in [0.717, 1.165) is 16.7 Å². The Labute approximate surface area is 101 Å². The Hall–Kier alpha value is -1.43. The number of nitrogens with one attached hydrogen (secondary N) is 1. The van der Waals surface area contributed by atoms with Crippen LogP contribution >= 0.6 is 15.9 Å². The lowest BCUT2D eigenvalue weighted by atomic mass is 10.4. The van der Waals surface area contributed by atoms with E-state index < -0.39 is 0 Å². The maximum atomic E-state index is 5.44. The van der Waals surface area contributed by atoms with Gasteiger partial charge in [0.1, 0.15) is 5.76 Å². The number of anilines is 1. The van der Waals surface area contributed by atoms with Crippen LogP contribution in [0.3, 0.4) is 0 Å². The van der Waals surface area contributed by atoms with Crippen molar-refractivity contribution in [1.29, 1.82) is 0 Å². The average molecular weight is 283 g/mol. The molecule has 2 aromatic heterocycles. The van der Waals surface area contributed by atoms with Crippen molar-refractivity contribution in [2.75, 3.05) is 5.32 Å². The van der Waals surface area contributed by atoms with E-state index in [1.807, 2.05) is 6.92 Å². The summed E-state index contributed by atoms with van der Waals surface area (Å²) in [5, 5.41) is 3.03. The molecule has 2 rings (SSSR count). The van der Waals surface area contributed by atoms with Crippen molar-refractivity contribution in [2.45, 2.75) is 19.9 Å². The summed E-state index contributed by atoms with van der Waals surface area (Å²) >= 11 is 3.27. The van der Waals surface area contributed by atoms with Crippen molar-refractivity contribution >= 4 is 21.9 Å². The molecule has 0 amide bonds. The van der Waals surface area contributed by atoms with E-state index in [2.05, 4.69) is 36.2 Å². The second kappa shape index (κ2) is 5.07. The second-order valence-corrected chi connectivity index (χ2v) is 4.07. The maximum absolute atomic E-state index is 5.44. The Morgan fingerprint density at radius 2 is 2.00 bits per heavy atom. The van der Waals surface area contributed by atoms with E-state index in [0.29, 0.717) is 18.4 Å². The zero-order valence-corrected chi connectivity index (χ0v) is 10.4. The summed E-state index contributed by atoms with van der Waals surface area (Å²) in [6.45, 7) is 2.51. The molecule has 16 heavy (non-hydrogen) atoms. The Balaban J connectivity index is 1.94. The van der Waals surface area contributed by atoms with Gasteiger partial charge in [0.05, 0.1) is 17.2 Å². The molecule has 2 heterocycles. The summed E-state index contributed by atoms with van der Waals surface area (Å²) in [5.41, 5.74) is 0. The summed E-state index contributed by atoms with van der Waals surface area (Å²) < 4.78 is 6.29. The molecule has 0 unspecified atom stereocenters. The summed E-state index contributed by atoms with van der Waals surface area (Å²) in [5.74, 6) is 2.08. The van der Waals surface area contributed by atoms with Crippen molar-refractivity contribution < 1.29 is 4.42 Å². The Morgan fingerprint density at radius 1 is 1.25 bits per heavy atom. The molecule has 0 aliphatic carbocycles. The van der Waals surface area contributed by atoms with Crippen LogP contribution in [0.1, 0.15) is 18.6 Å². The monoisotopic (exact) mass is 282 g/mol. The van der Waals surface area contributed by atoms with Gasteiger partial charge >= 0.3 is 0 Å². The minimum atomic E-state index is 0.488. The van der Waals surface area contributed by atoms with Crippen LogP contribution in [-0.2, 0) is 13.0 Å².